The van der Waals surface area contributed by atoms with Crippen LogP contribution >= 0.6 is 0 Å². The topological polar surface area (TPSA) is 12.4 Å². The summed E-state index contributed by atoms with van der Waals surface area (Å²) in [4.78, 5) is 3.87. The van der Waals surface area contributed by atoms with Gasteiger partial charge >= 0.3 is 0 Å². The maximum Gasteiger partial charge on any atom is 0.0460 e. The van der Waals surface area contributed by atoms with Crippen molar-refractivity contribution in [3.63, 3.8) is 0 Å². The third kappa shape index (κ3) is 2.38. The molecule has 0 aromatic rings. The van der Waals surface area contributed by atoms with Gasteiger partial charge in [0.1, 0.15) is 0 Å². The van der Waals surface area contributed by atoms with Crippen LogP contribution in [-0.2, 0) is 0 Å². The molecule has 0 N–H and O–H groups in total. The van der Waals surface area contributed by atoms with E-state index in [1.165, 1.54) is 0 Å². The highest BCUT2D eigenvalue weighted by molar-refractivity contribution is 5.65. The normalized spacial score (nSPS) is 24.7. The largest absolute Gasteiger partial charge is 0.297 e. The Balaban J connectivity index is 0.000000162. The summed E-state index contributed by atoms with van der Waals surface area (Å²) in [7, 11) is 0. The quantitative estimate of drug-likeness (QED) is 0.438. The van der Waals surface area contributed by atoms with Gasteiger partial charge in [0.05, 0.1) is 0 Å². The Morgan fingerprint density at radius 3 is 1.86 bits per heavy atom. The van der Waals surface area contributed by atoms with E-state index >= 15 is 0 Å². The van der Waals surface area contributed by atoms with Crippen molar-refractivity contribution in [1.29, 1.82) is 0 Å². The van der Waals surface area contributed by atoms with E-state index in [1.807, 2.05) is 20.1 Å². The lowest BCUT2D eigenvalue weighted by molar-refractivity contribution is 0.735. The van der Waals surface area contributed by atoms with Crippen molar-refractivity contribution in [2.24, 2.45) is 10.9 Å². The molecule has 0 fully saturated rings. The fourth-order valence-electron chi connectivity index (χ4n) is 0.316. The van der Waals surface area contributed by atoms with Crippen molar-refractivity contribution in [3.8, 4) is 0 Å². The van der Waals surface area contributed by atoms with E-state index in [2.05, 4.69) is 11.9 Å². The molecule has 0 bridgehead atoms. The summed E-state index contributed by atoms with van der Waals surface area (Å²) in [5, 5.41) is 0. The second-order valence-electron chi connectivity index (χ2n) is 1.49. The summed E-state index contributed by atoms with van der Waals surface area (Å²) in [6.45, 7) is 7.22. The minimum absolute atomic E-state index is 0.773. The number of aliphatic imine (C=N–C) groups is 1. The summed E-state index contributed by atoms with van der Waals surface area (Å²) in [6, 6.07) is 0. The van der Waals surface area contributed by atoms with Gasteiger partial charge in [-0.25, -0.2) is 0 Å². The van der Waals surface area contributed by atoms with E-state index < -0.39 is 0 Å². The lowest BCUT2D eigenvalue weighted by Crippen LogP contribution is -2.09. The summed E-state index contributed by atoms with van der Waals surface area (Å²) in [5.41, 5.74) is 0. The summed E-state index contributed by atoms with van der Waals surface area (Å²) in [6.07, 6.45) is 1.97. The first-order valence-electron chi connectivity index (χ1n) is 2.89. The molecule has 0 aromatic carbocycles. The average molecular weight is 99.2 g/mol. The van der Waals surface area contributed by atoms with Crippen molar-refractivity contribution < 1.29 is 0 Å². The Labute approximate surface area is 45.5 Å². The average Bonchev–Trinajstić information content (AvgIpc) is 1.68. The summed E-state index contributed by atoms with van der Waals surface area (Å²) >= 11 is 0. The highest BCUT2D eigenvalue weighted by Crippen LogP contribution is 1.98. The third-order valence-electron chi connectivity index (χ3n) is 0.753. The first kappa shape index (κ1) is 6.67. The molecule has 0 amide bonds. The Kier molecular flexibility index (Phi) is 3.67. The van der Waals surface area contributed by atoms with Crippen molar-refractivity contribution in [2.75, 3.05) is 6.54 Å². The second-order valence-corrected chi connectivity index (χ2v) is 1.49. The lowest BCUT2D eigenvalue weighted by Gasteiger charge is -2.07. The van der Waals surface area contributed by atoms with Gasteiger partial charge in [0.15, 0.2) is 0 Å². The van der Waals surface area contributed by atoms with Crippen LogP contribution in [0.1, 0.15) is 20.8 Å². The first-order chi connectivity index (χ1) is 3.39. The summed E-state index contributed by atoms with van der Waals surface area (Å²) < 4.78 is 0. The molecular weight excluding hydrogens is 86.1 g/mol. The molecule has 0 aliphatic carbocycles. The lowest BCUT2D eigenvalue weighted by atomic mass is 10.1. The number of nitrogens with zero attached hydrogens (tertiary/aromatic N) is 1. The molecule has 1 heteroatoms. The van der Waals surface area contributed by atoms with Gasteiger partial charge in [-0.05, 0) is 0 Å². The minimum Gasteiger partial charge on any atom is -0.297 e. The van der Waals surface area contributed by atoms with Crippen molar-refractivity contribution in [1.82, 2.24) is 0 Å². The Morgan fingerprint density at radius 1 is 1.57 bits per heavy atom. The standard InChI is InChI=1S/C4H7N.C2H6/c1-4-2-5-3-4;1-2/h2,4H,3H2,1H3;1-2H3. The van der Waals surface area contributed by atoms with Crippen molar-refractivity contribution in [2.45, 2.75) is 20.8 Å². The van der Waals surface area contributed by atoms with Gasteiger partial charge in [0, 0.05) is 18.7 Å². The first-order valence-corrected chi connectivity index (χ1v) is 2.89. The Morgan fingerprint density at radius 2 is 1.86 bits per heavy atom. The van der Waals surface area contributed by atoms with Crippen LogP contribution in [-0.4, -0.2) is 12.8 Å². The molecule has 1 nitrogen and oxygen atoms in total. The van der Waals surface area contributed by atoms with Gasteiger partial charge in [-0.15, -0.1) is 0 Å². The van der Waals surface area contributed by atoms with Crippen LogP contribution in [0, 0.1) is 5.92 Å². The molecule has 1 unspecified atom stereocenters. The third-order valence-corrected chi connectivity index (χ3v) is 0.753. The molecule has 0 saturated carbocycles. The molecule has 42 valence electrons. The zero-order chi connectivity index (χ0) is 5.70. The maximum absolute atomic E-state index is 3.87. The smallest absolute Gasteiger partial charge is 0.0460 e. The highest BCUT2D eigenvalue weighted by atomic mass is 14.8. The van der Waals surface area contributed by atoms with Gasteiger partial charge in [-0.1, -0.05) is 20.8 Å². The second kappa shape index (κ2) is 3.85. The van der Waals surface area contributed by atoms with Crippen LogP contribution in [0.15, 0.2) is 4.99 Å². The van der Waals surface area contributed by atoms with Gasteiger partial charge < -0.3 is 0 Å². The van der Waals surface area contributed by atoms with Gasteiger partial charge in [0.25, 0.3) is 0 Å². The zero-order valence-corrected chi connectivity index (χ0v) is 5.31. The van der Waals surface area contributed by atoms with Gasteiger partial charge in [-0.2, -0.15) is 0 Å². The molecular formula is C6H13N. The van der Waals surface area contributed by atoms with E-state index in [1.54, 1.807) is 0 Å². The Bertz CT molecular complexity index is 57.2. The Hall–Kier alpha value is -0.330. The molecule has 1 aliphatic rings. The predicted molar refractivity (Wildman–Crippen MR) is 33.9 cm³/mol. The number of hydrogen-bond donors (Lipinski definition) is 0. The maximum atomic E-state index is 3.87. The molecule has 1 atom stereocenters. The van der Waals surface area contributed by atoms with Gasteiger partial charge in [0.2, 0.25) is 0 Å². The summed E-state index contributed by atoms with van der Waals surface area (Å²) in [5.74, 6) is 0.773. The minimum atomic E-state index is 0.773. The molecule has 1 rings (SSSR count). The van der Waals surface area contributed by atoms with E-state index in [-0.39, 0.29) is 0 Å². The van der Waals surface area contributed by atoms with E-state index in [9.17, 15) is 0 Å². The number of rotatable bonds is 0. The van der Waals surface area contributed by atoms with E-state index in [0.29, 0.717) is 0 Å². The van der Waals surface area contributed by atoms with E-state index in [4.69, 9.17) is 0 Å². The fraction of sp³-hybridized carbons (Fsp3) is 0.833. The SMILES string of the molecule is CC.CC1C=NC1. The molecule has 0 radical (unpaired) electrons. The zero-order valence-electron chi connectivity index (χ0n) is 5.31. The van der Waals surface area contributed by atoms with Crippen LogP contribution in [0.25, 0.3) is 0 Å². The van der Waals surface area contributed by atoms with Crippen LogP contribution in [0.4, 0.5) is 0 Å². The molecule has 0 saturated heterocycles. The van der Waals surface area contributed by atoms with Gasteiger partial charge in [-0.3, -0.25) is 4.99 Å². The fourth-order valence-corrected chi connectivity index (χ4v) is 0.316. The molecule has 0 spiro atoms. The molecule has 0 aromatic heterocycles. The van der Waals surface area contributed by atoms with Crippen molar-refractivity contribution in [3.05, 3.63) is 0 Å². The monoisotopic (exact) mass is 99.1 g/mol. The molecule has 7 heavy (non-hydrogen) atoms. The van der Waals surface area contributed by atoms with E-state index in [0.717, 1.165) is 12.5 Å². The van der Waals surface area contributed by atoms with Crippen LogP contribution in [0.5, 0.6) is 0 Å². The number of hydrogen-bond acceptors (Lipinski definition) is 1. The van der Waals surface area contributed by atoms with Crippen molar-refractivity contribution >= 4 is 6.21 Å². The van der Waals surface area contributed by atoms with Crippen LogP contribution in [0.2, 0.25) is 0 Å². The molecule has 1 heterocycles. The predicted octanol–water partition coefficient (Wildman–Crippen LogP) is 1.73. The highest BCUT2D eigenvalue weighted by Gasteiger charge is 2.00. The molecule has 1 aliphatic heterocycles. The van der Waals surface area contributed by atoms with Crippen LogP contribution < -0.4 is 0 Å². The van der Waals surface area contributed by atoms with Crippen LogP contribution in [0.3, 0.4) is 0 Å².